The molecule has 0 radical (unpaired) electrons. The molecule has 0 unspecified atom stereocenters. The minimum Gasteiger partial charge on any atom is -0.423 e. The number of esters is 2. The van der Waals surface area contributed by atoms with E-state index in [9.17, 15) is 18.4 Å². The summed E-state index contributed by atoms with van der Waals surface area (Å²) in [5.41, 5.74) is 0. The molecule has 148 valence electrons. The van der Waals surface area contributed by atoms with Crippen LogP contribution in [-0.2, 0) is 9.59 Å². The summed E-state index contributed by atoms with van der Waals surface area (Å²) in [5.74, 6) is -4.68. The van der Waals surface area contributed by atoms with E-state index in [1.54, 1.807) is 0 Å². The number of rotatable bonds is 4. The molecule has 0 aromatic heterocycles. The Balaban J connectivity index is 0.00000280. The molecular weight excluding hydrogens is 440 g/mol. The SMILES string of the molecule is CC1CCC(C(=O)Oc2ccc(OC(=O)C3CC[CH-]CC3)c(F)c2F)CC1.[Rb+]. The van der Waals surface area contributed by atoms with E-state index in [0.29, 0.717) is 31.6 Å². The van der Waals surface area contributed by atoms with Crippen LogP contribution >= 0.6 is 0 Å². The smallest absolute Gasteiger partial charge is 0.423 e. The molecule has 4 nitrogen and oxygen atoms in total. The summed E-state index contributed by atoms with van der Waals surface area (Å²) in [6.45, 7) is 2.13. The molecule has 28 heavy (non-hydrogen) atoms. The van der Waals surface area contributed by atoms with E-state index in [-0.39, 0.29) is 70.0 Å². The Morgan fingerprint density at radius 2 is 1.29 bits per heavy atom. The van der Waals surface area contributed by atoms with Crippen LogP contribution in [0.1, 0.15) is 58.3 Å². The third kappa shape index (κ3) is 6.16. The van der Waals surface area contributed by atoms with E-state index < -0.39 is 35.1 Å². The fraction of sp³-hybridized carbons (Fsp3) is 0.571. The monoisotopic (exact) mass is 464 g/mol. The van der Waals surface area contributed by atoms with Gasteiger partial charge in [0.05, 0.1) is 11.8 Å². The van der Waals surface area contributed by atoms with Gasteiger partial charge in [0.15, 0.2) is 11.5 Å². The zero-order valence-corrected chi connectivity index (χ0v) is 21.4. The Kier molecular flexibility index (Phi) is 9.71. The number of carbonyl (C=O) groups is 2. The molecule has 0 amide bonds. The first-order valence-electron chi connectivity index (χ1n) is 9.68. The molecule has 2 aliphatic rings. The number of benzene rings is 1. The summed E-state index contributed by atoms with van der Waals surface area (Å²) in [7, 11) is 0. The average molecular weight is 465 g/mol. The summed E-state index contributed by atoms with van der Waals surface area (Å²) in [5, 5.41) is 0. The van der Waals surface area contributed by atoms with Crippen molar-refractivity contribution >= 4 is 11.9 Å². The van der Waals surface area contributed by atoms with Gasteiger partial charge in [-0.3, -0.25) is 9.59 Å². The topological polar surface area (TPSA) is 52.6 Å². The van der Waals surface area contributed by atoms with E-state index in [1.165, 1.54) is 0 Å². The summed E-state index contributed by atoms with van der Waals surface area (Å²) in [6, 6.07) is 2.27. The van der Waals surface area contributed by atoms with Crippen molar-refractivity contribution in [3.8, 4) is 11.5 Å². The summed E-state index contributed by atoms with van der Waals surface area (Å²) < 4.78 is 38.7. The van der Waals surface area contributed by atoms with Gasteiger partial charge in [-0.25, -0.2) is 0 Å². The molecule has 7 heteroatoms. The Morgan fingerprint density at radius 1 is 0.857 bits per heavy atom. The van der Waals surface area contributed by atoms with Crippen molar-refractivity contribution in [1.82, 2.24) is 0 Å². The minimum atomic E-state index is -1.31. The minimum absolute atomic E-state index is 0. The van der Waals surface area contributed by atoms with E-state index in [0.717, 1.165) is 37.8 Å². The van der Waals surface area contributed by atoms with E-state index in [2.05, 4.69) is 13.3 Å². The van der Waals surface area contributed by atoms with E-state index in [4.69, 9.17) is 9.47 Å². The van der Waals surface area contributed by atoms with E-state index in [1.807, 2.05) is 0 Å². The first kappa shape index (κ1) is 24.1. The predicted octanol–water partition coefficient (Wildman–Crippen LogP) is 2.00. The molecule has 3 rings (SSSR count). The maximum absolute atomic E-state index is 14.3. The van der Waals surface area contributed by atoms with Gasteiger partial charge < -0.3 is 15.9 Å². The maximum atomic E-state index is 14.3. The third-order valence-electron chi connectivity index (χ3n) is 5.55. The molecule has 2 aliphatic carbocycles. The van der Waals surface area contributed by atoms with Crippen LogP contribution in [0, 0.1) is 35.8 Å². The normalized spacial score (nSPS) is 22.8. The van der Waals surface area contributed by atoms with Crippen molar-refractivity contribution in [2.45, 2.75) is 58.3 Å². The number of ether oxygens (including phenoxy) is 2. The van der Waals surface area contributed by atoms with Crippen LogP contribution in [0.5, 0.6) is 11.5 Å². The van der Waals surface area contributed by atoms with Gasteiger partial charge in [0.2, 0.25) is 11.6 Å². The van der Waals surface area contributed by atoms with Gasteiger partial charge in [0.25, 0.3) is 0 Å². The van der Waals surface area contributed by atoms with Crippen LogP contribution in [0.2, 0.25) is 0 Å². The second kappa shape index (κ2) is 11.3. The summed E-state index contributed by atoms with van der Waals surface area (Å²) >= 11 is 0. The van der Waals surface area contributed by atoms with Crippen molar-refractivity contribution in [2.75, 3.05) is 0 Å². The zero-order valence-electron chi connectivity index (χ0n) is 16.5. The standard InChI is InChI=1S/C21H25F2O4.Rb/c1-13-7-9-15(10-8-13)21(25)27-17-12-11-16(18(22)19(17)23)26-20(24)14-5-3-2-4-6-14;/h2,11-15H,3-10H2,1H3;/q-1;+1. The van der Waals surface area contributed by atoms with Crippen molar-refractivity contribution < 1.29 is 86.0 Å². The second-order valence-electron chi connectivity index (χ2n) is 7.63. The number of hydrogen-bond donors (Lipinski definition) is 0. The fourth-order valence-corrected chi connectivity index (χ4v) is 3.71. The van der Waals surface area contributed by atoms with Gasteiger partial charge in [-0.2, -0.15) is 21.6 Å². The van der Waals surface area contributed by atoms with Gasteiger partial charge >= 0.3 is 70.1 Å². The Hall–Kier alpha value is -0.175. The number of carbonyl (C=O) groups excluding carboxylic acids is 2. The molecule has 0 spiro atoms. The molecule has 0 heterocycles. The first-order chi connectivity index (χ1) is 13.0. The van der Waals surface area contributed by atoms with Crippen LogP contribution in [0.25, 0.3) is 0 Å². The molecule has 1 aromatic rings. The Morgan fingerprint density at radius 3 is 1.75 bits per heavy atom. The molecular formula is C21H25F2O4Rb. The van der Waals surface area contributed by atoms with Crippen LogP contribution in [-0.4, -0.2) is 11.9 Å². The Bertz CT molecular complexity index is 696. The molecule has 0 N–H and O–H groups in total. The van der Waals surface area contributed by atoms with Crippen LogP contribution in [0.4, 0.5) is 8.78 Å². The van der Waals surface area contributed by atoms with Gasteiger partial charge in [-0.15, -0.1) is 0 Å². The summed E-state index contributed by atoms with van der Waals surface area (Å²) in [6.07, 6.45) is 8.25. The van der Waals surface area contributed by atoms with Gasteiger partial charge in [0.1, 0.15) is 0 Å². The second-order valence-corrected chi connectivity index (χ2v) is 7.63. The third-order valence-corrected chi connectivity index (χ3v) is 5.55. The van der Waals surface area contributed by atoms with Crippen molar-refractivity contribution in [2.24, 2.45) is 17.8 Å². The van der Waals surface area contributed by atoms with Gasteiger partial charge in [0, 0.05) is 0 Å². The molecule has 0 atom stereocenters. The molecule has 0 saturated heterocycles. The van der Waals surface area contributed by atoms with Crippen LogP contribution in [0.3, 0.4) is 0 Å². The molecule has 2 saturated carbocycles. The van der Waals surface area contributed by atoms with Gasteiger partial charge in [-0.05, 0) is 43.7 Å². The Labute approximate surface area is 213 Å². The zero-order chi connectivity index (χ0) is 19.4. The molecule has 0 bridgehead atoms. The molecule has 1 aromatic carbocycles. The fourth-order valence-electron chi connectivity index (χ4n) is 3.71. The average Bonchev–Trinajstić information content (AvgIpc) is 2.68. The first-order valence-corrected chi connectivity index (χ1v) is 9.68. The summed E-state index contributed by atoms with van der Waals surface area (Å²) in [4.78, 5) is 24.3. The van der Waals surface area contributed by atoms with E-state index >= 15 is 0 Å². The van der Waals surface area contributed by atoms with Crippen LogP contribution in [0.15, 0.2) is 12.1 Å². The maximum Gasteiger partial charge on any atom is 1.00 e. The number of halogens is 2. The predicted molar refractivity (Wildman–Crippen MR) is 95.0 cm³/mol. The molecule has 2 fully saturated rings. The molecule has 0 aliphatic heterocycles. The van der Waals surface area contributed by atoms with Crippen molar-refractivity contribution in [3.05, 3.63) is 30.2 Å². The quantitative estimate of drug-likeness (QED) is 0.388. The van der Waals surface area contributed by atoms with Crippen molar-refractivity contribution in [1.29, 1.82) is 0 Å². The van der Waals surface area contributed by atoms with Gasteiger partial charge in [-0.1, -0.05) is 19.8 Å². The van der Waals surface area contributed by atoms with Crippen LogP contribution < -0.4 is 67.7 Å². The largest absolute Gasteiger partial charge is 1.00 e. The number of hydrogen-bond acceptors (Lipinski definition) is 4. The van der Waals surface area contributed by atoms with Crippen molar-refractivity contribution in [3.63, 3.8) is 0 Å².